The van der Waals surface area contributed by atoms with Crippen LogP contribution >= 0.6 is 0 Å². The van der Waals surface area contributed by atoms with Crippen molar-refractivity contribution in [3.63, 3.8) is 0 Å². The molecule has 0 unspecified atom stereocenters. The van der Waals surface area contributed by atoms with Gasteiger partial charge in [0.25, 0.3) is 0 Å². The van der Waals surface area contributed by atoms with Gasteiger partial charge in [0.1, 0.15) is 6.33 Å². The number of benzene rings is 1. The number of para-hydroxylation sites is 1. The lowest BCUT2D eigenvalue weighted by molar-refractivity contribution is -0.121. The number of nitrogens with zero attached hydrogens (tertiary/aromatic N) is 4. The van der Waals surface area contributed by atoms with Crippen LogP contribution in [0.4, 0.5) is 11.6 Å². The average Bonchev–Trinajstić information content (AvgIpc) is 3.10. The number of pyridine rings is 1. The molecule has 0 saturated carbocycles. The summed E-state index contributed by atoms with van der Waals surface area (Å²) in [5.41, 5.74) is 1.70. The predicted octanol–water partition coefficient (Wildman–Crippen LogP) is 2.33. The second-order valence-corrected chi connectivity index (χ2v) is 6.07. The molecule has 0 aliphatic carbocycles. The van der Waals surface area contributed by atoms with Crippen LogP contribution in [-0.4, -0.2) is 31.7 Å². The number of hydrogen-bond acceptors (Lipinski definition) is 5. The van der Waals surface area contributed by atoms with Crippen molar-refractivity contribution in [3.8, 4) is 0 Å². The number of hydrogen-bond donors (Lipinski definition) is 2. The zero-order valence-electron chi connectivity index (χ0n) is 13.7. The molecule has 4 rings (SSSR count). The van der Waals surface area contributed by atoms with Gasteiger partial charge in [0.05, 0.1) is 12.0 Å². The quantitative estimate of drug-likeness (QED) is 0.768. The van der Waals surface area contributed by atoms with Crippen molar-refractivity contribution in [3.05, 3.63) is 66.7 Å². The molecule has 7 nitrogen and oxygen atoms in total. The number of rotatable bonds is 3. The Kier molecular flexibility index (Phi) is 3.89. The standard InChI is InChI=1S/C18H18N6O/c1-12-15(17(25)23-14-7-3-2-4-8-14)16(13-6-5-9-19-10-13)24-18(22-12)20-11-21-24/h2-12,15-16H,1H3,(H,23,25)(H,20,21,22)/t12-,15+,16+/m0/s1. The number of carbonyl (C=O) groups excluding carboxylic acids is 1. The predicted molar refractivity (Wildman–Crippen MR) is 94.0 cm³/mol. The normalized spacial score (nSPS) is 21.9. The highest BCUT2D eigenvalue weighted by Crippen LogP contribution is 2.36. The lowest BCUT2D eigenvalue weighted by atomic mass is 9.86. The maximum atomic E-state index is 13.1. The lowest BCUT2D eigenvalue weighted by Crippen LogP contribution is -2.46. The molecule has 2 aromatic heterocycles. The molecule has 3 aromatic rings. The summed E-state index contributed by atoms with van der Waals surface area (Å²) in [5, 5.41) is 10.6. The Morgan fingerprint density at radius 3 is 2.80 bits per heavy atom. The third kappa shape index (κ3) is 2.84. The number of fused-ring (bicyclic) bond motifs is 1. The molecule has 0 saturated heterocycles. The summed E-state index contributed by atoms with van der Waals surface area (Å²) in [4.78, 5) is 21.5. The van der Waals surface area contributed by atoms with Gasteiger partial charge in [-0.25, -0.2) is 4.68 Å². The third-order valence-corrected chi connectivity index (χ3v) is 4.44. The highest BCUT2D eigenvalue weighted by molar-refractivity contribution is 5.94. The minimum atomic E-state index is -0.362. The first-order chi connectivity index (χ1) is 12.2. The Bertz CT molecular complexity index is 864. The van der Waals surface area contributed by atoms with Gasteiger partial charge in [0.15, 0.2) is 0 Å². The van der Waals surface area contributed by atoms with Gasteiger partial charge in [-0.15, -0.1) is 0 Å². The molecule has 0 bridgehead atoms. The number of carbonyl (C=O) groups is 1. The second-order valence-electron chi connectivity index (χ2n) is 6.07. The molecular weight excluding hydrogens is 316 g/mol. The summed E-state index contributed by atoms with van der Waals surface area (Å²) in [7, 11) is 0. The molecule has 0 radical (unpaired) electrons. The van der Waals surface area contributed by atoms with E-state index in [1.807, 2.05) is 49.4 Å². The molecule has 0 spiro atoms. The van der Waals surface area contributed by atoms with Gasteiger partial charge >= 0.3 is 0 Å². The van der Waals surface area contributed by atoms with Crippen molar-refractivity contribution in [1.29, 1.82) is 0 Å². The van der Waals surface area contributed by atoms with Gasteiger partial charge in [-0.2, -0.15) is 10.1 Å². The van der Waals surface area contributed by atoms with Crippen LogP contribution in [0.2, 0.25) is 0 Å². The summed E-state index contributed by atoms with van der Waals surface area (Å²) < 4.78 is 1.76. The van der Waals surface area contributed by atoms with Crippen molar-refractivity contribution in [2.24, 2.45) is 5.92 Å². The van der Waals surface area contributed by atoms with E-state index in [9.17, 15) is 4.79 Å². The van der Waals surface area contributed by atoms with E-state index in [1.165, 1.54) is 6.33 Å². The van der Waals surface area contributed by atoms with Gasteiger partial charge in [-0.3, -0.25) is 9.78 Å². The number of amides is 1. The Hall–Kier alpha value is -3.22. The first-order valence-corrected chi connectivity index (χ1v) is 8.16. The monoisotopic (exact) mass is 334 g/mol. The Balaban J connectivity index is 1.72. The molecule has 3 atom stereocenters. The fraction of sp³-hybridized carbons (Fsp3) is 0.222. The molecule has 1 aromatic carbocycles. The first kappa shape index (κ1) is 15.3. The molecule has 25 heavy (non-hydrogen) atoms. The zero-order valence-corrected chi connectivity index (χ0v) is 13.7. The van der Waals surface area contributed by atoms with Gasteiger partial charge < -0.3 is 10.6 Å². The molecule has 1 aliphatic rings. The van der Waals surface area contributed by atoms with Crippen LogP contribution in [0.1, 0.15) is 18.5 Å². The van der Waals surface area contributed by atoms with E-state index < -0.39 is 0 Å². The van der Waals surface area contributed by atoms with Crippen molar-refractivity contribution < 1.29 is 4.79 Å². The maximum absolute atomic E-state index is 13.1. The van der Waals surface area contributed by atoms with Crippen molar-refractivity contribution in [1.82, 2.24) is 19.7 Å². The lowest BCUT2D eigenvalue weighted by Gasteiger charge is -2.36. The Morgan fingerprint density at radius 1 is 1.20 bits per heavy atom. The summed E-state index contributed by atoms with van der Waals surface area (Å²) in [6.07, 6.45) is 4.99. The Labute approximate surface area is 145 Å². The topological polar surface area (TPSA) is 84.7 Å². The summed E-state index contributed by atoms with van der Waals surface area (Å²) in [5.74, 6) is 0.227. The molecule has 0 fully saturated rings. The van der Waals surface area contributed by atoms with Gasteiger partial charge in [-0.05, 0) is 30.7 Å². The van der Waals surface area contributed by atoms with E-state index in [2.05, 4.69) is 25.7 Å². The minimum Gasteiger partial charge on any atom is -0.351 e. The van der Waals surface area contributed by atoms with E-state index in [1.54, 1.807) is 17.1 Å². The third-order valence-electron chi connectivity index (χ3n) is 4.44. The fourth-order valence-corrected chi connectivity index (χ4v) is 3.29. The smallest absolute Gasteiger partial charge is 0.232 e. The largest absolute Gasteiger partial charge is 0.351 e. The van der Waals surface area contributed by atoms with E-state index in [-0.39, 0.29) is 23.9 Å². The SMILES string of the molecule is C[C@@H]1Nc2ncnn2[C@H](c2cccnc2)[C@@H]1C(=O)Nc1ccccc1. The van der Waals surface area contributed by atoms with Gasteiger partial charge in [0, 0.05) is 24.1 Å². The highest BCUT2D eigenvalue weighted by Gasteiger charge is 2.41. The van der Waals surface area contributed by atoms with Crippen LogP contribution in [0.5, 0.6) is 0 Å². The van der Waals surface area contributed by atoms with E-state index in [4.69, 9.17) is 0 Å². The zero-order chi connectivity index (χ0) is 17.2. The van der Waals surface area contributed by atoms with Crippen LogP contribution in [0.3, 0.4) is 0 Å². The molecule has 126 valence electrons. The summed E-state index contributed by atoms with van der Waals surface area (Å²) >= 11 is 0. The second kappa shape index (κ2) is 6.35. The number of aromatic nitrogens is 4. The molecule has 1 amide bonds. The molecule has 1 aliphatic heterocycles. The van der Waals surface area contributed by atoms with Crippen LogP contribution in [0, 0.1) is 5.92 Å². The molecule has 2 N–H and O–H groups in total. The molecule has 7 heteroatoms. The average molecular weight is 334 g/mol. The highest BCUT2D eigenvalue weighted by atomic mass is 16.2. The first-order valence-electron chi connectivity index (χ1n) is 8.16. The number of nitrogens with one attached hydrogen (secondary N) is 2. The van der Waals surface area contributed by atoms with Crippen molar-refractivity contribution in [2.75, 3.05) is 10.6 Å². The fourth-order valence-electron chi connectivity index (χ4n) is 3.29. The molecular formula is C18H18N6O. The van der Waals surface area contributed by atoms with Crippen LogP contribution in [0.15, 0.2) is 61.2 Å². The van der Waals surface area contributed by atoms with Crippen molar-refractivity contribution >= 4 is 17.5 Å². The van der Waals surface area contributed by atoms with Crippen LogP contribution < -0.4 is 10.6 Å². The van der Waals surface area contributed by atoms with Crippen LogP contribution in [-0.2, 0) is 4.79 Å². The number of anilines is 2. The Morgan fingerprint density at radius 2 is 2.04 bits per heavy atom. The van der Waals surface area contributed by atoms with Crippen LogP contribution in [0.25, 0.3) is 0 Å². The summed E-state index contributed by atoms with van der Waals surface area (Å²) in [6, 6.07) is 12.9. The van der Waals surface area contributed by atoms with E-state index >= 15 is 0 Å². The van der Waals surface area contributed by atoms with Gasteiger partial charge in [0.2, 0.25) is 11.9 Å². The maximum Gasteiger partial charge on any atom is 0.232 e. The van der Waals surface area contributed by atoms with E-state index in [0.29, 0.717) is 5.95 Å². The van der Waals surface area contributed by atoms with Crippen molar-refractivity contribution in [2.45, 2.75) is 19.0 Å². The minimum absolute atomic E-state index is 0.0683. The van der Waals surface area contributed by atoms with Gasteiger partial charge in [-0.1, -0.05) is 24.3 Å². The van der Waals surface area contributed by atoms with E-state index in [0.717, 1.165) is 11.3 Å². The summed E-state index contributed by atoms with van der Waals surface area (Å²) in [6.45, 7) is 1.98. The molecule has 3 heterocycles.